The van der Waals surface area contributed by atoms with Gasteiger partial charge in [-0.25, -0.2) is 4.79 Å². The van der Waals surface area contributed by atoms with E-state index < -0.39 is 23.4 Å². The van der Waals surface area contributed by atoms with E-state index >= 15 is 0 Å². The van der Waals surface area contributed by atoms with Crippen molar-refractivity contribution in [3.05, 3.63) is 50.4 Å². The summed E-state index contributed by atoms with van der Waals surface area (Å²) in [5.74, 6) is -1.18. The fourth-order valence-electron chi connectivity index (χ4n) is 3.21. The Morgan fingerprint density at radius 3 is 2.89 bits per heavy atom. The van der Waals surface area contributed by atoms with E-state index in [0.717, 1.165) is 0 Å². The fourth-order valence-corrected chi connectivity index (χ4v) is 3.49. The van der Waals surface area contributed by atoms with Crippen LogP contribution in [0.4, 0.5) is 0 Å². The molecule has 4 rings (SSSR count). The molecule has 0 amide bonds. The van der Waals surface area contributed by atoms with E-state index in [1.165, 1.54) is 6.20 Å². The highest BCUT2D eigenvalue weighted by atomic mass is 35.5. The van der Waals surface area contributed by atoms with Crippen molar-refractivity contribution < 1.29 is 28.5 Å². The van der Waals surface area contributed by atoms with Gasteiger partial charge in [0.05, 0.1) is 23.6 Å². The van der Waals surface area contributed by atoms with Crippen LogP contribution >= 0.6 is 11.6 Å². The Labute approximate surface area is 157 Å². The Morgan fingerprint density at radius 1 is 1.30 bits per heavy atom. The summed E-state index contributed by atoms with van der Waals surface area (Å²) in [6.07, 6.45) is 1.10. The average molecular weight is 392 g/mol. The summed E-state index contributed by atoms with van der Waals surface area (Å²) >= 11 is 6.24. The number of halogens is 1. The maximum atomic E-state index is 12.5. The first kappa shape index (κ1) is 17.4. The molecule has 1 unspecified atom stereocenters. The van der Waals surface area contributed by atoms with E-state index in [1.807, 2.05) is 0 Å². The second kappa shape index (κ2) is 6.62. The summed E-state index contributed by atoms with van der Waals surface area (Å²) in [4.78, 5) is 39.4. The molecule has 8 nitrogen and oxygen atoms in total. The molecule has 140 valence electrons. The maximum absolute atomic E-state index is 12.5. The molecule has 0 saturated heterocycles. The number of carbonyl (C=O) groups is 2. The number of fused-ring (bicyclic) bond motifs is 2. The Hall–Kier alpha value is -3.00. The Bertz CT molecular complexity index is 1010. The normalized spacial score (nSPS) is 17.3. The lowest BCUT2D eigenvalue weighted by molar-refractivity contribution is -0.135. The molecule has 9 heteroatoms. The molecule has 1 atom stereocenters. The van der Waals surface area contributed by atoms with Gasteiger partial charge in [0, 0.05) is 12.1 Å². The van der Waals surface area contributed by atoms with Crippen molar-refractivity contribution in [2.45, 2.75) is 19.3 Å². The lowest BCUT2D eigenvalue weighted by Crippen LogP contribution is -2.30. The zero-order chi connectivity index (χ0) is 19.1. The number of aromatic amines is 1. The molecular formula is C18H14ClNO7. The second-order valence-corrected chi connectivity index (χ2v) is 6.37. The highest BCUT2D eigenvalue weighted by molar-refractivity contribution is 6.32. The summed E-state index contributed by atoms with van der Waals surface area (Å²) in [7, 11) is 0. The van der Waals surface area contributed by atoms with Crippen LogP contribution < -0.4 is 19.8 Å². The van der Waals surface area contributed by atoms with Crippen molar-refractivity contribution in [2.75, 3.05) is 13.4 Å². The Kier molecular flexibility index (Phi) is 4.27. The summed E-state index contributed by atoms with van der Waals surface area (Å²) in [5, 5.41) is 0.304. The zero-order valence-corrected chi connectivity index (χ0v) is 14.9. The lowest BCUT2D eigenvalue weighted by Gasteiger charge is -2.25. The summed E-state index contributed by atoms with van der Waals surface area (Å²) < 4.78 is 20.9. The topological polar surface area (TPSA) is 104 Å². The molecular weight excluding hydrogens is 378 g/mol. The largest absolute Gasteiger partial charge is 0.462 e. The first-order valence-electron chi connectivity index (χ1n) is 8.22. The van der Waals surface area contributed by atoms with Crippen LogP contribution in [0.25, 0.3) is 0 Å². The van der Waals surface area contributed by atoms with Crippen LogP contribution in [0.1, 0.15) is 40.7 Å². The molecule has 2 aliphatic heterocycles. The highest BCUT2D eigenvalue weighted by Crippen LogP contribution is 2.45. The van der Waals surface area contributed by atoms with Gasteiger partial charge in [0.15, 0.2) is 17.2 Å². The van der Waals surface area contributed by atoms with E-state index in [0.29, 0.717) is 22.1 Å². The van der Waals surface area contributed by atoms with Crippen LogP contribution in [-0.4, -0.2) is 30.3 Å². The summed E-state index contributed by atoms with van der Waals surface area (Å²) in [6.45, 7) is 1.83. The number of rotatable bonds is 3. The van der Waals surface area contributed by atoms with Crippen molar-refractivity contribution in [2.24, 2.45) is 0 Å². The number of ether oxygens (including phenoxy) is 4. The van der Waals surface area contributed by atoms with Gasteiger partial charge in [-0.1, -0.05) is 11.6 Å². The molecule has 0 saturated carbocycles. The molecule has 2 aromatic rings. The van der Waals surface area contributed by atoms with Gasteiger partial charge in [-0.05, 0) is 24.6 Å². The summed E-state index contributed by atoms with van der Waals surface area (Å²) in [5.41, 5.74) is 0.254. The SMILES string of the molecule is CCOC(=O)c1c[nH]c(=O)c2c1OC(=O)CC2c1cc(Cl)c2c(c1)OCO2. The minimum absolute atomic E-state index is 0.0173. The second-order valence-electron chi connectivity index (χ2n) is 5.96. The first-order chi connectivity index (χ1) is 13.0. The van der Waals surface area contributed by atoms with Gasteiger partial charge in [-0.15, -0.1) is 0 Å². The predicted octanol–water partition coefficient (Wildman–Crippen LogP) is 2.37. The molecule has 2 aliphatic rings. The number of hydrogen-bond donors (Lipinski definition) is 1. The van der Waals surface area contributed by atoms with E-state index in [4.69, 9.17) is 30.5 Å². The number of pyridine rings is 1. The standard InChI is InChI=1S/C18H14ClNO7/c1-2-24-18(23)10-6-20-17(22)14-9(5-13(21)27-15(10)14)8-3-11(19)16-12(4-8)25-7-26-16/h3-4,6,9H,2,5,7H2,1H3,(H,20,22). The van der Waals surface area contributed by atoms with Crippen LogP contribution in [0.2, 0.25) is 5.02 Å². The zero-order valence-electron chi connectivity index (χ0n) is 14.2. The first-order valence-corrected chi connectivity index (χ1v) is 8.59. The third-order valence-corrected chi connectivity index (χ3v) is 4.64. The van der Waals surface area contributed by atoms with Gasteiger partial charge in [0.2, 0.25) is 6.79 Å². The number of H-pyrrole nitrogens is 1. The Balaban J connectivity index is 1.88. The molecule has 1 N–H and O–H groups in total. The Morgan fingerprint density at radius 2 is 2.11 bits per heavy atom. The molecule has 0 radical (unpaired) electrons. The third-order valence-electron chi connectivity index (χ3n) is 4.36. The van der Waals surface area contributed by atoms with E-state index in [1.54, 1.807) is 19.1 Å². The molecule has 1 aromatic carbocycles. The van der Waals surface area contributed by atoms with E-state index in [9.17, 15) is 14.4 Å². The van der Waals surface area contributed by atoms with Crippen LogP contribution in [0.5, 0.6) is 17.2 Å². The average Bonchev–Trinajstić information content (AvgIpc) is 3.10. The number of nitrogens with one attached hydrogen (secondary N) is 1. The number of esters is 2. The van der Waals surface area contributed by atoms with Gasteiger partial charge >= 0.3 is 11.9 Å². The molecule has 27 heavy (non-hydrogen) atoms. The van der Waals surface area contributed by atoms with Gasteiger partial charge in [-0.2, -0.15) is 0 Å². The van der Waals surface area contributed by atoms with Gasteiger partial charge in [0.25, 0.3) is 5.56 Å². The number of benzene rings is 1. The number of hydrogen-bond acceptors (Lipinski definition) is 7. The molecule has 0 fully saturated rings. The smallest absolute Gasteiger partial charge is 0.343 e. The minimum atomic E-state index is -0.692. The van der Waals surface area contributed by atoms with Crippen molar-refractivity contribution in [3.8, 4) is 17.2 Å². The number of aromatic nitrogens is 1. The van der Waals surface area contributed by atoms with Crippen LogP contribution in [0.3, 0.4) is 0 Å². The van der Waals surface area contributed by atoms with Crippen molar-refractivity contribution in [3.63, 3.8) is 0 Å². The third kappa shape index (κ3) is 2.91. The minimum Gasteiger partial charge on any atom is -0.462 e. The van der Waals surface area contributed by atoms with Crippen LogP contribution in [0, 0.1) is 0 Å². The monoisotopic (exact) mass is 391 g/mol. The lowest BCUT2D eigenvalue weighted by atomic mass is 9.86. The van der Waals surface area contributed by atoms with E-state index in [2.05, 4.69) is 4.98 Å². The van der Waals surface area contributed by atoms with Gasteiger partial charge in [-0.3, -0.25) is 9.59 Å². The molecule has 3 heterocycles. The van der Waals surface area contributed by atoms with Crippen molar-refractivity contribution >= 4 is 23.5 Å². The van der Waals surface area contributed by atoms with Crippen molar-refractivity contribution in [1.82, 2.24) is 4.98 Å². The van der Waals surface area contributed by atoms with Gasteiger partial charge in [0.1, 0.15) is 5.56 Å². The predicted molar refractivity (Wildman–Crippen MR) is 92.7 cm³/mol. The summed E-state index contributed by atoms with van der Waals surface area (Å²) in [6, 6.07) is 3.27. The molecule has 0 bridgehead atoms. The van der Waals surface area contributed by atoms with Gasteiger partial charge < -0.3 is 23.9 Å². The van der Waals surface area contributed by atoms with E-state index in [-0.39, 0.29) is 36.7 Å². The van der Waals surface area contributed by atoms with Crippen LogP contribution in [0.15, 0.2) is 23.1 Å². The molecule has 0 spiro atoms. The maximum Gasteiger partial charge on any atom is 0.343 e. The number of carbonyl (C=O) groups excluding carboxylic acids is 2. The fraction of sp³-hybridized carbons (Fsp3) is 0.278. The quantitative estimate of drug-likeness (QED) is 0.801. The molecule has 1 aromatic heterocycles. The molecule has 0 aliphatic carbocycles. The van der Waals surface area contributed by atoms with Crippen LogP contribution in [-0.2, 0) is 9.53 Å². The highest BCUT2D eigenvalue weighted by Gasteiger charge is 2.36. The van der Waals surface area contributed by atoms with Crippen molar-refractivity contribution in [1.29, 1.82) is 0 Å².